The zero-order valence-electron chi connectivity index (χ0n) is 5.94. The summed E-state index contributed by atoms with van der Waals surface area (Å²) in [6, 6.07) is 0. The van der Waals surface area contributed by atoms with Crippen LogP contribution in [0.25, 0.3) is 0 Å². The molecule has 0 radical (unpaired) electrons. The van der Waals surface area contributed by atoms with Crippen LogP contribution < -0.4 is 0 Å². The van der Waals surface area contributed by atoms with Crippen LogP contribution in [-0.2, 0) is 4.43 Å². The first-order valence-electron chi connectivity index (χ1n) is 3.49. The fourth-order valence-electron chi connectivity index (χ4n) is 0.598. The van der Waals surface area contributed by atoms with Crippen LogP contribution >= 0.6 is 0 Å². The summed E-state index contributed by atoms with van der Waals surface area (Å²) in [6.07, 6.45) is 3.89. The highest BCUT2D eigenvalue weighted by molar-refractivity contribution is 6.24. The normalized spacial score (nSPS) is 11.2. The first kappa shape index (κ1) is 8.18. The molecule has 1 nitrogen and oxygen atoms in total. The monoisotopic (exact) mass is 132 g/mol. The maximum atomic E-state index is 5.27. The summed E-state index contributed by atoms with van der Waals surface area (Å²) in [5.74, 6) is 0. The third-order valence-corrected chi connectivity index (χ3v) is 1.79. The van der Waals surface area contributed by atoms with Crippen molar-refractivity contribution in [3.05, 3.63) is 0 Å². The van der Waals surface area contributed by atoms with Crippen LogP contribution in [0.4, 0.5) is 0 Å². The molecule has 0 saturated heterocycles. The Balaban J connectivity index is 2.53. The van der Waals surface area contributed by atoms with Gasteiger partial charge in [-0.25, -0.2) is 0 Å². The molecular formula is C6H16OSi. The zero-order valence-corrected chi connectivity index (χ0v) is 7.36. The van der Waals surface area contributed by atoms with Gasteiger partial charge in [0, 0.05) is 6.61 Å². The minimum absolute atomic E-state index is 0.114. The second kappa shape index (κ2) is 7.18. The van der Waals surface area contributed by atoms with Crippen molar-refractivity contribution in [2.24, 2.45) is 0 Å². The van der Waals surface area contributed by atoms with Gasteiger partial charge in [-0.15, -0.1) is 0 Å². The smallest absolute Gasteiger partial charge is 0.158 e. The van der Waals surface area contributed by atoms with E-state index in [0.717, 1.165) is 6.61 Å². The van der Waals surface area contributed by atoms with Crippen LogP contribution in [0.5, 0.6) is 0 Å². The Morgan fingerprint density at radius 2 is 2.12 bits per heavy atom. The molecule has 2 heteroatoms. The molecule has 0 aliphatic rings. The van der Waals surface area contributed by atoms with E-state index in [1.54, 1.807) is 0 Å². The average Bonchev–Trinajstić information content (AvgIpc) is 1.81. The molecule has 0 spiro atoms. The average molecular weight is 132 g/mol. The van der Waals surface area contributed by atoms with Gasteiger partial charge >= 0.3 is 0 Å². The van der Waals surface area contributed by atoms with E-state index in [4.69, 9.17) is 4.43 Å². The second-order valence-corrected chi connectivity index (χ2v) is 2.89. The number of unbranched alkanes of at least 4 members (excludes halogenated alkanes) is 2. The van der Waals surface area contributed by atoms with Crippen molar-refractivity contribution in [2.45, 2.75) is 32.7 Å². The van der Waals surface area contributed by atoms with Gasteiger partial charge in [-0.3, -0.25) is 0 Å². The lowest BCUT2D eigenvalue weighted by atomic mass is 10.3. The zero-order chi connectivity index (χ0) is 6.24. The molecule has 0 aliphatic heterocycles. The first-order chi connectivity index (χ1) is 3.91. The largest absolute Gasteiger partial charge is 0.424 e. The van der Waals surface area contributed by atoms with Gasteiger partial charge < -0.3 is 4.43 Å². The van der Waals surface area contributed by atoms with Crippen LogP contribution in [0.3, 0.4) is 0 Å². The predicted octanol–water partition coefficient (Wildman–Crippen LogP) is 1.33. The van der Waals surface area contributed by atoms with Gasteiger partial charge in [0.2, 0.25) is 0 Å². The summed E-state index contributed by atoms with van der Waals surface area (Å²) in [6.45, 7) is 5.39. The van der Waals surface area contributed by atoms with Crippen molar-refractivity contribution in [1.29, 1.82) is 0 Å². The molecule has 0 aliphatic carbocycles. The van der Waals surface area contributed by atoms with Gasteiger partial charge in [-0.05, 0) is 6.42 Å². The fraction of sp³-hybridized carbons (Fsp3) is 1.00. The van der Waals surface area contributed by atoms with Gasteiger partial charge in [0.15, 0.2) is 9.76 Å². The lowest BCUT2D eigenvalue weighted by Gasteiger charge is -1.97. The van der Waals surface area contributed by atoms with Crippen molar-refractivity contribution in [3.8, 4) is 0 Å². The molecule has 0 aromatic heterocycles. The van der Waals surface area contributed by atoms with E-state index < -0.39 is 0 Å². The van der Waals surface area contributed by atoms with Crippen LogP contribution in [0, 0.1) is 0 Å². The number of hydrogen-bond acceptors (Lipinski definition) is 1. The van der Waals surface area contributed by atoms with Crippen LogP contribution in [-0.4, -0.2) is 16.4 Å². The molecule has 50 valence electrons. The third-order valence-electron chi connectivity index (χ3n) is 1.10. The summed E-state index contributed by atoms with van der Waals surface area (Å²) < 4.78 is 5.27. The Hall–Kier alpha value is 0.177. The van der Waals surface area contributed by atoms with E-state index in [2.05, 4.69) is 13.5 Å². The Morgan fingerprint density at radius 3 is 2.62 bits per heavy atom. The molecule has 0 atom stereocenters. The summed E-state index contributed by atoms with van der Waals surface area (Å²) in [5.41, 5.74) is 0. The van der Waals surface area contributed by atoms with Gasteiger partial charge in [0.05, 0.1) is 0 Å². The third kappa shape index (κ3) is 6.18. The lowest BCUT2D eigenvalue weighted by Crippen LogP contribution is -1.94. The van der Waals surface area contributed by atoms with E-state index in [1.165, 1.54) is 19.3 Å². The van der Waals surface area contributed by atoms with Crippen molar-refractivity contribution >= 4 is 9.76 Å². The van der Waals surface area contributed by atoms with Gasteiger partial charge in [-0.2, -0.15) is 0 Å². The Morgan fingerprint density at radius 1 is 1.38 bits per heavy atom. The van der Waals surface area contributed by atoms with Crippen molar-refractivity contribution in [2.75, 3.05) is 6.61 Å². The molecule has 0 aromatic rings. The molecule has 0 amide bonds. The van der Waals surface area contributed by atoms with Crippen LogP contribution in [0.1, 0.15) is 26.2 Å². The van der Waals surface area contributed by atoms with Gasteiger partial charge in [0.25, 0.3) is 0 Å². The van der Waals surface area contributed by atoms with E-state index in [0.29, 0.717) is 0 Å². The fourth-order valence-corrected chi connectivity index (χ4v) is 1.09. The molecule has 8 heavy (non-hydrogen) atoms. The molecule has 0 aromatic carbocycles. The Bertz CT molecular complexity index is 33.5. The summed E-state index contributed by atoms with van der Waals surface area (Å²) in [4.78, 5) is 0. The van der Waals surface area contributed by atoms with Gasteiger partial charge in [-0.1, -0.05) is 26.3 Å². The van der Waals surface area contributed by atoms with Gasteiger partial charge in [0.1, 0.15) is 0 Å². The Labute approximate surface area is 54.4 Å². The maximum Gasteiger partial charge on any atom is 0.158 e. The molecule has 0 fully saturated rings. The lowest BCUT2D eigenvalue weighted by molar-refractivity contribution is 0.325. The SMILES string of the molecule is CCCCCO[SiH2]C. The summed E-state index contributed by atoms with van der Waals surface area (Å²) >= 11 is 0. The first-order valence-corrected chi connectivity index (χ1v) is 5.48. The molecule has 0 N–H and O–H groups in total. The highest BCUT2D eigenvalue weighted by Gasteiger charge is 1.82. The van der Waals surface area contributed by atoms with E-state index in [-0.39, 0.29) is 9.76 Å². The van der Waals surface area contributed by atoms with E-state index in [1.807, 2.05) is 0 Å². The van der Waals surface area contributed by atoms with Crippen LogP contribution in [0.15, 0.2) is 0 Å². The quantitative estimate of drug-likeness (QED) is 0.405. The molecule has 0 rings (SSSR count). The number of rotatable bonds is 5. The van der Waals surface area contributed by atoms with Crippen LogP contribution in [0.2, 0.25) is 6.55 Å². The molecule has 0 heterocycles. The van der Waals surface area contributed by atoms with Crippen molar-refractivity contribution in [3.63, 3.8) is 0 Å². The molecule has 0 bridgehead atoms. The summed E-state index contributed by atoms with van der Waals surface area (Å²) in [5, 5.41) is 0. The Kier molecular flexibility index (Phi) is 7.34. The number of hydrogen-bond donors (Lipinski definition) is 0. The highest BCUT2D eigenvalue weighted by atomic mass is 28.2. The van der Waals surface area contributed by atoms with Crippen molar-refractivity contribution < 1.29 is 4.43 Å². The predicted molar refractivity (Wildman–Crippen MR) is 39.9 cm³/mol. The highest BCUT2D eigenvalue weighted by Crippen LogP contribution is 1.92. The van der Waals surface area contributed by atoms with E-state index in [9.17, 15) is 0 Å². The standard InChI is InChI=1S/C6H16OSi/c1-3-4-5-6-7-8-2/h3-6,8H2,1-2H3. The van der Waals surface area contributed by atoms with E-state index >= 15 is 0 Å². The van der Waals surface area contributed by atoms with Crippen molar-refractivity contribution in [1.82, 2.24) is 0 Å². The minimum atomic E-state index is -0.114. The molecule has 0 unspecified atom stereocenters. The second-order valence-electron chi connectivity index (χ2n) is 1.90. The maximum absolute atomic E-state index is 5.27. The summed E-state index contributed by atoms with van der Waals surface area (Å²) in [7, 11) is -0.114. The molecular weight excluding hydrogens is 116 g/mol. The molecule has 0 saturated carbocycles. The topological polar surface area (TPSA) is 9.23 Å². The minimum Gasteiger partial charge on any atom is -0.424 e.